The predicted molar refractivity (Wildman–Crippen MR) is 165 cm³/mol. The average Bonchev–Trinajstić information content (AvgIpc) is 3.33. The summed E-state index contributed by atoms with van der Waals surface area (Å²) in [5, 5.41) is 0. The van der Waals surface area contributed by atoms with Gasteiger partial charge in [-0.05, 0) is 24.3 Å². The lowest BCUT2D eigenvalue weighted by atomic mass is 10.1. The van der Waals surface area contributed by atoms with Crippen LogP contribution in [-0.4, -0.2) is 142 Å². The lowest BCUT2D eigenvalue weighted by Crippen LogP contribution is -2.33. The smallest absolute Gasteiger partial charge is 0.338 e. The van der Waals surface area contributed by atoms with E-state index in [1.54, 1.807) is 48.5 Å². The Balaban J connectivity index is 0.952. The van der Waals surface area contributed by atoms with Crippen molar-refractivity contribution >= 4 is 17.8 Å². The Hall–Kier alpha value is -3.27. The van der Waals surface area contributed by atoms with Crippen LogP contribution in [0.5, 0.6) is 0 Å². The van der Waals surface area contributed by atoms with Crippen LogP contribution in [0.25, 0.3) is 0 Å². The number of rotatable bonds is 28. The normalized spacial score (nSPS) is 12.6. The maximum atomic E-state index is 12.3. The van der Waals surface area contributed by atoms with Crippen LogP contribution >= 0.6 is 0 Å². The Morgan fingerprint density at radius 1 is 0.435 bits per heavy atom. The summed E-state index contributed by atoms with van der Waals surface area (Å²) in [5.41, 5.74) is 1.40. The summed E-state index contributed by atoms with van der Waals surface area (Å²) in [4.78, 5) is 37.6. The summed E-state index contributed by atoms with van der Waals surface area (Å²) < 4.78 is 48.7. The maximum Gasteiger partial charge on any atom is 0.338 e. The van der Waals surface area contributed by atoms with Gasteiger partial charge < -0.3 is 42.6 Å². The first-order valence-electron chi connectivity index (χ1n) is 15.5. The molecule has 1 heterocycles. The molecule has 0 unspecified atom stereocenters. The van der Waals surface area contributed by atoms with Gasteiger partial charge in [0.05, 0.1) is 129 Å². The molecule has 0 spiro atoms. The first-order chi connectivity index (χ1) is 22.7. The summed E-state index contributed by atoms with van der Waals surface area (Å²) in [6, 6.07) is 15.6. The van der Waals surface area contributed by atoms with Gasteiger partial charge in [0.1, 0.15) is 6.61 Å². The number of amides is 2. The van der Waals surface area contributed by atoms with E-state index in [9.17, 15) is 14.4 Å². The van der Waals surface area contributed by atoms with Crippen molar-refractivity contribution in [3.05, 3.63) is 71.3 Å². The molecule has 3 rings (SSSR count). The van der Waals surface area contributed by atoms with Gasteiger partial charge >= 0.3 is 5.97 Å². The van der Waals surface area contributed by atoms with Crippen LogP contribution in [0.1, 0.15) is 31.1 Å². The quantitative estimate of drug-likeness (QED) is 0.0761. The highest BCUT2D eigenvalue weighted by Gasteiger charge is 2.34. The summed E-state index contributed by atoms with van der Waals surface area (Å²) in [5.74, 6) is -0.926. The van der Waals surface area contributed by atoms with Crippen molar-refractivity contribution in [2.24, 2.45) is 0 Å². The van der Waals surface area contributed by atoms with Crippen LogP contribution in [-0.2, 0) is 42.6 Å². The third kappa shape index (κ3) is 14.9. The monoisotopic (exact) mass is 647 g/mol. The predicted octanol–water partition coefficient (Wildman–Crippen LogP) is 2.27. The number of imide groups is 1. The second-order valence-electron chi connectivity index (χ2n) is 9.71. The van der Waals surface area contributed by atoms with E-state index in [1.807, 2.05) is 6.07 Å². The number of ether oxygens (including phenoxy) is 9. The second kappa shape index (κ2) is 24.0. The minimum absolute atomic E-state index is 0.193. The molecular formula is C33H45NO12. The van der Waals surface area contributed by atoms with Crippen molar-refractivity contribution < 1.29 is 57.0 Å². The summed E-state index contributed by atoms with van der Waals surface area (Å²) in [7, 11) is 0. The number of hydrogen-bond donors (Lipinski definition) is 0. The molecule has 2 aromatic carbocycles. The molecule has 0 atom stereocenters. The van der Waals surface area contributed by atoms with E-state index in [0.717, 1.165) is 0 Å². The van der Waals surface area contributed by atoms with Crippen LogP contribution < -0.4 is 0 Å². The third-order valence-corrected chi connectivity index (χ3v) is 6.41. The molecule has 13 heteroatoms. The van der Waals surface area contributed by atoms with Gasteiger partial charge in [-0.1, -0.05) is 30.3 Å². The largest absolute Gasteiger partial charge is 0.460 e. The fraction of sp³-hybridized carbons (Fsp3) is 0.545. The van der Waals surface area contributed by atoms with Gasteiger partial charge in [-0.3, -0.25) is 14.5 Å². The first-order valence-corrected chi connectivity index (χ1v) is 15.5. The van der Waals surface area contributed by atoms with Crippen molar-refractivity contribution in [2.75, 3.05) is 119 Å². The van der Waals surface area contributed by atoms with Gasteiger partial charge in [0, 0.05) is 0 Å². The van der Waals surface area contributed by atoms with Crippen molar-refractivity contribution in [2.45, 2.75) is 0 Å². The first kappa shape index (κ1) is 37.2. The topological polar surface area (TPSA) is 138 Å². The molecule has 0 fully saturated rings. The molecule has 0 saturated carbocycles. The zero-order valence-electron chi connectivity index (χ0n) is 26.3. The Bertz CT molecular complexity index is 1100. The summed E-state index contributed by atoms with van der Waals surface area (Å²) >= 11 is 0. The fourth-order valence-electron chi connectivity index (χ4n) is 4.09. The maximum absolute atomic E-state index is 12.3. The molecule has 1 aliphatic rings. The minimum atomic E-state index is -0.364. The molecule has 0 aliphatic carbocycles. The van der Waals surface area contributed by atoms with E-state index in [1.165, 1.54) is 4.90 Å². The van der Waals surface area contributed by atoms with E-state index in [-0.39, 0.29) is 37.5 Å². The molecule has 0 aromatic heterocycles. The number of esters is 1. The summed E-state index contributed by atoms with van der Waals surface area (Å²) in [6.07, 6.45) is 0. The molecule has 254 valence electrons. The van der Waals surface area contributed by atoms with Crippen LogP contribution in [0.4, 0.5) is 0 Å². The highest BCUT2D eigenvalue weighted by atomic mass is 16.6. The molecule has 2 aromatic rings. The number of benzene rings is 2. The second-order valence-corrected chi connectivity index (χ2v) is 9.71. The number of fused-ring (bicyclic) bond motifs is 1. The molecule has 46 heavy (non-hydrogen) atoms. The zero-order valence-corrected chi connectivity index (χ0v) is 26.3. The van der Waals surface area contributed by atoms with E-state index >= 15 is 0 Å². The van der Waals surface area contributed by atoms with Crippen molar-refractivity contribution in [1.82, 2.24) is 4.90 Å². The lowest BCUT2D eigenvalue weighted by molar-refractivity contribution is -0.0245. The summed E-state index contributed by atoms with van der Waals surface area (Å²) in [6.45, 7) is 7.12. The van der Waals surface area contributed by atoms with Gasteiger partial charge in [0.2, 0.25) is 0 Å². The fourth-order valence-corrected chi connectivity index (χ4v) is 4.09. The van der Waals surface area contributed by atoms with Crippen molar-refractivity contribution in [3.63, 3.8) is 0 Å². The van der Waals surface area contributed by atoms with Crippen molar-refractivity contribution in [3.8, 4) is 0 Å². The molecule has 1 aliphatic heterocycles. The SMILES string of the molecule is O=C(OCCOCCOCCOCCOCCOCCOCCOCCOCCN1C(=O)c2ccccc2C1=O)c1ccccc1. The molecule has 13 nitrogen and oxygen atoms in total. The molecule has 0 N–H and O–H groups in total. The van der Waals surface area contributed by atoms with E-state index < -0.39 is 0 Å². The van der Waals surface area contributed by atoms with E-state index in [0.29, 0.717) is 116 Å². The highest BCUT2D eigenvalue weighted by Crippen LogP contribution is 2.21. The van der Waals surface area contributed by atoms with Crippen LogP contribution in [0, 0.1) is 0 Å². The Kier molecular flexibility index (Phi) is 19.4. The standard InChI is InChI=1S/C33H45NO12/c35-31-29-8-4-5-9-30(29)32(36)34(31)10-11-38-12-13-39-14-15-40-16-17-41-18-19-42-20-21-43-22-23-44-24-25-45-26-27-46-33(37)28-6-2-1-3-7-28/h1-9H,10-27H2. The minimum Gasteiger partial charge on any atom is -0.460 e. The molecule has 0 bridgehead atoms. The molecule has 0 radical (unpaired) electrons. The number of nitrogens with zero attached hydrogens (tertiary/aromatic N) is 1. The Morgan fingerprint density at radius 3 is 1.15 bits per heavy atom. The van der Waals surface area contributed by atoms with E-state index in [4.69, 9.17) is 42.6 Å². The van der Waals surface area contributed by atoms with Gasteiger partial charge in [-0.25, -0.2) is 4.79 Å². The van der Waals surface area contributed by atoms with E-state index in [2.05, 4.69) is 0 Å². The van der Waals surface area contributed by atoms with Crippen LogP contribution in [0.15, 0.2) is 54.6 Å². The number of carbonyl (C=O) groups excluding carboxylic acids is 3. The third-order valence-electron chi connectivity index (χ3n) is 6.41. The van der Waals surface area contributed by atoms with Gasteiger partial charge in [0.25, 0.3) is 11.8 Å². The zero-order chi connectivity index (χ0) is 32.5. The van der Waals surface area contributed by atoms with Crippen LogP contribution in [0.2, 0.25) is 0 Å². The van der Waals surface area contributed by atoms with Gasteiger partial charge in [0.15, 0.2) is 0 Å². The van der Waals surface area contributed by atoms with Gasteiger partial charge in [-0.15, -0.1) is 0 Å². The molecule has 0 saturated heterocycles. The van der Waals surface area contributed by atoms with Gasteiger partial charge in [-0.2, -0.15) is 0 Å². The Morgan fingerprint density at radius 2 is 0.761 bits per heavy atom. The highest BCUT2D eigenvalue weighted by molar-refractivity contribution is 6.21. The molecular weight excluding hydrogens is 602 g/mol. The average molecular weight is 648 g/mol. The van der Waals surface area contributed by atoms with Crippen molar-refractivity contribution in [1.29, 1.82) is 0 Å². The lowest BCUT2D eigenvalue weighted by Gasteiger charge is -2.13. The Labute approximate surface area is 269 Å². The van der Waals surface area contributed by atoms with Crippen LogP contribution in [0.3, 0.4) is 0 Å². The number of hydrogen-bond acceptors (Lipinski definition) is 12. The molecule has 2 amide bonds. The number of carbonyl (C=O) groups is 3.